The Morgan fingerprint density at radius 1 is 0.633 bits per heavy atom. The van der Waals surface area contributed by atoms with E-state index in [1.54, 1.807) is 0 Å². The number of ether oxygens (including phenoxy) is 9. The van der Waals surface area contributed by atoms with E-state index < -0.39 is 66.3 Å². The minimum atomic E-state index is -4.63. The Morgan fingerprint density at radius 3 is 1.56 bits per heavy atom. The van der Waals surface area contributed by atoms with Gasteiger partial charge in [-0.25, -0.2) is 19.9 Å². The van der Waals surface area contributed by atoms with Crippen molar-refractivity contribution in [3.8, 4) is 0 Å². The Morgan fingerprint density at radius 2 is 1.09 bits per heavy atom. The Hall–Kier alpha value is -5.38. The van der Waals surface area contributed by atoms with Crippen LogP contribution >= 0.6 is 0 Å². The summed E-state index contributed by atoms with van der Waals surface area (Å²) in [6, 6.07) is -0.0874. The first kappa shape index (κ1) is 66.1. The summed E-state index contributed by atoms with van der Waals surface area (Å²) in [5.74, 6) is -1.30. The average Bonchev–Trinajstić information content (AvgIpc) is 3.40. The van der Waals surface area contributed by atoms with Crippen molar-refractivity contribution in [2.24, 2.45) is 5.11 Å². The van der Waals surface area contributed by atoms with Gasteiger partial charge in [-0.2, -0.15) is 26.3 Å². The minimum absolute atomic E-state index is 0.000294. The number of aliphatic hydroxyl groups excluding tert-OH is 2. The molecule has 7 atom stereocenters. The quantitative estimate of drug-likeness (QED) is 0.0166. The van der Waals surface area contributed by atoms with E-state index in [4.69, 9.17) is 48.2 Å². The highest BCUT2D eigenvalue weighted by atomic mass is 19.4. The van der Waals surface area contributed by atoms with E-state index in [2.05, 4.69) is 56.5 Å². The maximum Gasteiger partial charge on any atom is 0.433 e. The third-order valence-electron chi connectivity index (χ3n) is 11.5. The van der Waals surface area contributed by atoms with Gasteiger partial charge in [0.15, 0.2) is 0 Å². The van der Waals surface area contributed by atoms with Crippen LogP contribution < -0.4 is 26.6 Å². The standard InChI is InChI=1S/C47H72F6N12O14/c48-46(49,50)39-5-10-57-44(63-39)61-32-24-35(66)37(78-28-32)30-76-17-13-56-42(69)8-15-75-27-34(60-43(70)4-2-1-3-9-59-65-54)26-74-14-7-41(68)55-12-16-71-18-19-72-20-21-73-22-23-77-31-38-36(67)25-33(29-79-38)62-45-58-11-6-40(64-45)47(51,52)53/h5-6,10-11,32-38,66-67H,1-4,7-9,12-31H2,(H,55,68)(H,56,69)(H,60,70)(H,57,61,63)(H,58,62,64)/t32-,33-,34?,35-,36-,37-,38-/m1/s1. The van der Waals surface area contributed by atoms with Crippen molar-refractivity contribution in [2.45, 2.75) is 106 Å². The van der Waals surface area contributed by atoms with Crippen LogP contribution in [0.2, 0.25) is 0 Å². The number of hydrogen-bond donors (Lipinski definition) is 7. The zero-order chi connectivity index (χ0) is 57.1. The van der Waals surface area contributed by atoms with Crippen LogP contribution in [0.5, 0.6) is 0 Å². The van der Waals surface area contributed by atoms with E-state index in [9.17, 15) is 50.9 Å². The van der Waals surface area contributed by atoms with Crippen molar-refractivity contribution in [3.63, 3.8) is 0 Å². The molecule has 0 aliphatic carbocycles. The number of carbonyl (C=O) groups excluding carboxylic acids is 3. The molecule has 0 bridgehead atoms. The van der Waals surface area contributed by atoms with Gasteiger partial charge in [-0.3, -0.25) is 14.4 Å². The lowest BCUT2D eigenvalue weighted by molar-refractivity contribution is -0.142. The molecule has 0 aromatic carbocycles. The topological polar surface area (TPSA) is 335 Å². The Kier molecular flexibility index (Phi) is 31.4. The number of unbranched alkanes of at least 4 members (excludes halogenated alkanes) is 2. The van der Waals surface area contributed by atoms with Gasteiger partial charge in [0.2, 0.25) is 29.6 Å². The number of anilines is 2. The van der Waals surface area contributed by atoms with E-state index in [1.165, 1.54) is 0 Å². The van der Waals surface area contributed by atoms with Crippen molar-refractivity contribution in [1.82, 2.24) is 35.9 Å². The first-order valence-electron chi connectivity index (χ1n) is 25.8. The highest BCUT2D eigenvalue weighted by molar-refractivity contribution is 5.76. The minimum Gasteiger partial charge on any atom is -0.390 e. The Labute approximate surface area is 452 Å². The lowest BCUT2D eigenvalue weighted by Gasteiger charge is -2.33. The monoisotopic (exact) mass is 1140 g/mol. The molecule has 2 aliphatic rings. The smallest absolute Gasteiger partial charge is 0.390 e. The summed E-state index contributed by atoms with van der Waals surface area (Å²) >= 11 is 0. The molecule has 32 heteroatoms. The zero-order valence-corrected chi connectivity index (χ0v) is 43.6. The third-order valence-corrected chi connectivity index (χ3v) is 11.5. The second-order valence-electron chi connectivity index (χ2n) is 17.9. The van der Waals surface area contributed by atoms with Crippen LogP contribution in [0.3, 0.4) is 0 Å². The van der Waals surface area contributed by atoms with Gasteiger partial charge in [-0.05, 0) is 43.3 Å². The molecule has 2 aliphatic heterocycles. The molecule has 1 unspecified atom stereocenters. The molecule has 2 aromatic rings. The van der Waals surface area contributed by atoms with Gasteiger partial charge < -0.3 is 79.4 Å². The fourth-order valence-electron chi connectivity index (χ4n) is 7.44. The summed E-state index contributed by atoms with van der Waals surface area (Å²) in [5.41, 5.74) is 6.26. The van der Waals surface area contributed by atoms with E-state index >= 15 is 0 Å². The third kappa shape index (κ3) is 29.1. The number of alkyl halides is 6. The average molecular weight is 1140 g/mol. The number of nitrogens with one attached hydrogen (secondary N) is 5. The number of carbonyl (C=O) groups is 3. The normalized spacial score (nSPS) is 19.9. The fraction of sp³-hybridized carbons (Fsp3) is 0.766. The number of azide groups is 1. The van der Waals surface area contributed by atoms with Crippen molar-refractivity contribution in [1.29, 1.82) is 0 Å². The lowest BCUT2D eigenvalue weighted by Crippen LogP contribution is -2.46. The zero-order valence-electron chi connectivity index (χ0n) is 43.6. The van der Waals surface area contributed by atoms with E-state index in [0.717, 1.165) is 24.5 Å². The van der Waals surface area contributed by atoms with Gasteiger partial charge in [0, 0.05) is 56.2 Å². The molecular weight excluding hydrogens is 1070 g/mol. The van der Waals surface area contributed by atoms with Gasteiger partial charge in [0.05, 0.1) is 136 Å². The molecule has 2 aromatic heterocycles. The fourth-order valence-corrected chi connectivity index (χ4v) is 7.44. The Bertz CT molecular complexity index is 2110. The predicted molar refractivity (Wildman–Crippen MR) is 265 cm³/mol. The molecule has 2 saturated heterocycles. The molecule has 3 amide bonds. The molecule has 79 heavy (non-hydrogen) atoms. The van der Waals surface area contributed by atoms with E-state index in [0.29, 0.717) is 45.6 Å². The van der Waals surface area contributed by atoms with Crippen LogP contribution in [0.1, 0.15) is 62.8 Å². The number of rotatable bonds is 40. The number of nitrogens with zero attached hydrogens (tertiary/aromatic N) is 7. The summed E-state index contributed by atoms with van der Waals surface area (Å²) in [6.07, 6.45) is -7.98. The van der Waals surface area contributed by atoms with Crippen LogP contribution in [0.25, 0.3) is 10.4 Å². The predicted octanol–water partition coefficient (Wildman–Crippen LogP) is 2.35. The lowest BCUT2D eigenvalue weighted by atomic mass is 10.0. The van der Waals surface area contributed by atoms with Crippen molar-refractivity contribution < 1.29 is 93.6 Å². The van der Waals surface area contributed by atoms with Crippen molar-refractivity contribution >= 4 is 29.6 Å². The van der Waals surface area contributed by atoms with Gasteiger partial charge in [-0.1, -0.05) is 11.5 Å². The molecular formula is C47H72F6N12O14. The second-order valence-corrected chi connectivity index (χ2v) is 17.9. The summed E-state index contributed by atoms with van der Waals surface area (Å²) in [5, 5.41) is 38.2. The van der Waals surface area contributed by atoms with Gasteiger partial charge in [-0.15, -0.1) is 0 Å². The molecule has 7 N–H and O–H groups in total. The van der Waals surface area contributed by atoms with Crippen LogP contribution in [-0.2, 0) is 69.4 Å². The summed E-state index contributed by atoms with van der Waals surface area (Å²) in [4.78, 5) is 54.7. The molecule has 4 rings (SSSR count). The maximum atomic E-state index is 13.0. The van der Waals surface area contributed by atoms with Crippen LogP contribution in [-0.4, -0.2) is 216 Å². The molecule has 0 spiro atoms. The number of aromatic nitrogens is 4. The van der Waals surface area contributed by atoms with Crippen molar-refractivity contribution in [2.75, 3.05) is 136 Å². The molecule has 0 saturated carbocycles. The first-order valence-corrected chi connectivity index (χ1v) is 25.8. The number of hydrogen-bond acceptors (Lipinski definition) is 21. The first-order chi connectivity index (χ1) is 38.0. The van der Waals surface area contributed by atoms with Crippen molar-refractivity contribution in [3.05, 3.63) is 46.4 Å². The van der Waals surface area contributed by atoms with Gasteiger partial charge >= 0.3 is 12.4 Å². The maximum absolute atomic E-state index is 13.0. The highest BCUT2D eigenvalue weighted by Gasteiger charge is 2.36. The number of amides is 3. The summed E-state index contributed by atoms with van der Waals surface area (Å²) in [6.45, 7) is 3.15. The van der Waals surface area contributed by atoms with Crippen LogP contribution in [0, 0.1) is 0 Å². The molecule has 4 heterocycles. The Balaban J connectivity index is 0.967. The van der Waals surface area contributed by atoms with Crippen LogP contribution in [0.15, 0.2) is 29.6 Å². The van der Waals surface area contributed by atoms with E-state index in [1.807, 2.05) is 0 Å². The summed E-state index contributed by atoms with van der Waals surface area (Å²) < 4.78 is 128. The number of aliphatic hydroxyl groups is 2. The summed E-state index contributed by atoms with van der Waals surface area (Å²) in [7, 11) is 0. The largest absolute Gasteiger partial charge is 0.433 e. The highest BCUT2D eigenvalue weighted by Crippen LogP contribution is 2.29. The number of halogens is 6. The molecule has 446 valence electrons. The second kappa shape index (κ2) is 37.5. The molecule has 0 radical (unpaired) electrons. The van der Waals surface area contributed by atoms with E-state index in [-0.39, 0.29) is 161 Å². The SMILES string of the molecule is [N-]=[N+]=NCCCCCC(=O)NC(COCCC(=O)NCCOCCOCCOCCOC[C@H]1OC[C@H](Nc2nccc(C(F)(F)F)n2)C[C@H]1O)COCCC(=O)NCCOC[C@H]1OC[C@H](Nc2nccc(C(F)(F)F)n2)C[C@H]1O. The van der Waals surface area contributed by atoms with Crippen LogP contribution in [0.4, 0.5) is 38.2 Å². The van der Waals surface area contributed by atoms with Gasteiger partial charge in [0.1, 0.15) is 23.6 Å². The molecule has 26 nitrogen and oxygen atoms in total. The molecule has 2 fully saturated rings. The van der Waals surface area contributed by atoms with Gasteiger partial charge in [0.25, 0.3) is 0 Å².